The topological polar surface area (TPSA) is 146 Å². The molecule has 0 N–H and O–H groups in total. The van der Waals surface area contributed by atoms with Gasteiger partial charge in [-0.1, -0.05) is 12.1 Å². The van der Waals surface area contributed by atoms with Crippen LogP contribution in [0, 0.1) is 68.0 Å². The molecule has 0 aliphatic rings. The van der Waals surface area contributed by atoms with Crippen LogP contribution in [-0.4, -0.2) is 14.1 Å². The molecule has 0 radical (unpaired) electrons. The first kappa shape index (κ1) is 20.2. The third-order valence-electron chi connectivity index (χ3n) is 3.44. The smallest absolute Gasteiger partial charge is 0.138 e. The molecule has 0 atom stereocenters. The van der Waals surface area contributed by atoms with Gasteiger partial charge in [0.2, 0.25) is 0 Å². The van der Waals surface area contributed by atoms with Crippen LogP contribution in [-0.2, 0) is 0 Å². The highest BCUT2D eigenvalue weighted by atomic mass is 15.1. The minimum absolute atomic E-state index is 0.00593. The van der Waals surface area contributed by atoms with E-state index in [2.05, 4.69) is 0 Å². The maximum atomic E-state index is 9.35. The standard InChI is InChI=1S/C20H11N7/c1-27(2)18-5-3-15(4-6-18)20(17(12-25)13-26)19(16(10-23)11-24)7-14(8-21)9-22/h3-7H,1-2H3. The van der Waals surface area contributed by atoms with Crippen LogP contribution in [0.2, 0.25) is 0 Å². The Morgan fingerprint density at radius 2 is 1.22 bits per heavy atom. The Kier molecular flexibility index (Phi) is 7.09. The lowest BCUT2D eigenvalue weighted by atomic mass is 9.89. The second-order valence-corrected chi connectivity index (χ2v) is 5.21. The monoisotopic (exact) mass is 349 g/mol. The Hall–Kier alpha value is -4.82. The van der Waals surface area contributed by atoms with Gasteiger partial charge in [0, 0.05) is 30.9 Å². The maximum absolute atomic E-state index is 9.35. The average Bonchev–Trinajstić information content (AvgIpc) is 2.69. The van der Waals surface area contributed by atoms with E-state index in [0.29, 0.717) is 5.56 Å². The summed E-state index contributed by atoms with van der Waals surface area (Å²) in [5, 5.41) is 55.3. The lowest BCUT2D eigenvalue weighted by Crippen LogP contribution is -2.08. The predicted octanol–water partition coefficient (Wildman–Crippen LogP) is 2.87. The van der Waals surface area contributed by atoms with E-state index >= 15 is 0 Å². The zero-order valence-electron chi connectivity index (χ0n) is 14.5. The summed E-state index contributed by atoms with van der Waals surface area (Å²) in [5.74, 6) is 0. The first-order valence-corrected chi connectivity index (χ1v) is 7.36. The number of nitrogens with zero attached hydrogens (tertiary/aromatic N) is 7. The highest BCUT2D eigenvalue weighted by Crippen LogP contribution is 2.31. The minimum Gasteiger partial charge on any atom is -0.378 e. The summed E-state index contributed by atoms with van der Waals surface area (Å²) >= 11 is 0. The zero-order chi connectivity index (χ0) is 20.4. The SMILES string of the molecule is CN(C)c1ccc(C(=C(C#N)C#N)C(C=C(C#N)C#N)=C(C#N)C#N)cc1. The lowest BCUT2D eigenvalue weighted by molar-refractivity contribution is 1.13. The van der Waals surface area contributed by atoms with Crippen LogP contribution in [0.25, 0.3) is 5.57 Å². The van der Waals surface area contributed by atoms with Crippen LogP contribution in [0.15, 0.2) is 52.6 Å². The highest BCUT2D eigenvalue weighted by molar-refractivity contribution is 5.91. The van der Waals surface area contributed by atoms with E-state index in [1.165, 1.54) is 0 Å². The van der Waals surface area contributed by atoms with Gasteiger partial charge in [0.25, 0.3) is 0 Å². The minimum atomic E-state index is -0.423. The molecule has 0 fully saturated rings. The molecule has 1 aromatic rings. The second kappa shape index (κ2) is 9.47. The number of hydrogen-bond acceptors (Lipinski definition) is 7. The molecule has 7 heteroatoms. The first-order chi connectivity index (χ1) is 13.0. The maximum Gasteiger partial charge on any atom is 0.138 e. The van der Waals surface area contributed by atoms with E-state index in [9.17, 15) is 21.0 Å². The van der Waals surface area contributed by atoms with Crippen LogP contribution >= 0.6 is 0 Å². The molecule has 1 aromatic carbocycles. The molecule has 0 aliphatic carbocycles. The summed E-state index contributed by atoms with van der Waals surface area (Å²) in [5.41, 5.74) is -0.0241. The van der Waals surface area contributed by atoms with Crippen LogP contribution in [0.5, 0.6) is 0 Å². The number of anilines is 1. The molecule has 0 bridgehead atoms. The van der Waals surface area contributed by atoms with Crippen molar-refractivity contribution in [3.05, 3.63) is 58.2 Å². The summed E-state index contributed by atoms with van der Waals surface area (Å²) in [6.45, 7) is 0. The fourth-order valence-electron chi connectivity index (χ4n) is 2.15. The number of benzene rings is 1. The molecular weight excluding hydrogens is 338 g/mol. The largest absolute Gasteiger partial charge is 0.378 e. The number of nitriles is 6. The summed E-state index contributed by atoms with van der Waals surface area (Å²) in [7, 11) is 3.68. The quantitative estimate of drug-likeness (QED) is 0.599. The van der Waals surface area contributed by atoms with E-state index < -0.39 is 5.57 Å². The van der Waals surface area contributed by atoms with E-state index in [1.54, 1.807) is 60.7 Å². The van der Waals surface area contributed by atoms with E-state index in [-0.39, 0.29) is 22.3 Å². The molecule has 126 valence electrons. The van der Waals surface area contributed by atoms with E-state index in [1.807, 2.05) is 19.0 Å². The molecule has 0 spiro atoms. The van der Waals surface area contributed by atoms with Crippen molar-refractivity contribution in [1.29, 1.82) is 31.6 Å². The molecule has 7 nitrogen and oxygen atoms in total. The molecule has 0 amide bonds. The summed E-state index contributed by atoms with van der Waals surface area (Å²) in [6, 6.07) is 16.8. The van der Waals surface area contributed by atoms with Gasteiger partial charge in [-0.15, -0.1) is 0 Å². The van der Waals surface area contributed by atoms with Gasteiger partial charge in [-0.3, -0.25) is 0 Å². The Bertz CT molecular complexity index is 1040. The number of hydrogen-bond donors (Lipinski definition) is 0. The third kappa shape index (κ3) is 4.59. The predicted molar refractivity (Wildman–Crippen MR) is 96.5 cm³/mol. The van der Waals surface area contributed by atoms with Gasteiger partial charge in [0.05, 0.1) is 0 Å². The zero-order valence-corrected chi connectivity index (χ0v) is 14.5. The molecule has 0 aromatic heterocycles. The fourth-order valence-corrected chi connectivity index (χ4v) is 2.15. The van der Waals surface area contributed by atoms with Gasteiger partial charge in [0.1, 0.15) is 53.1 Å². The summed E-state index contributed by atoms with van der Waals surface area (Å²) in [4.78, 5) is 1.85. The number of rotatable bonds is 4. The molecule has 0 heterocycles. The summed E-state index contributed by atoms with van der Waals surface area (Å²) < 4.78 is 0. The van der Waals surface area contributed by atoms with Crippen LogP contribution in [0.4, 0.5) is 5.69 Å². The average molecular weight is 349 g/mol. The van der Waals surface area contributed by atoms with Crippen molar-refractivity contribution in [2.75, 3.05) is 19.0 Å². The highest BCUT2D eigenvalue weighted by Gasteiger charge is 2.18. The van der Waals surface area contributed by atoms with Crippen molar-refractivity contribution in [2.24, 2.45) is 0 Å². The van der Waals surface area contributed by atoms with Crippen molar-refractivity contribution in [2.45, 2.75) is 0 Å². The molecule has 0 unspecified atom stereocenters. The van der Waals surface area contributed by atoms with Crippen molar-refractivity contribution < 1.29 is 0 Å². The number of allylic oxidation sites excluding steroid dienone is 6. The molecule has 0 aliphatic heterocycles. The van der Waals surface area contributed by atoms with Gasteiger partial charge in [-0.25, -0.2) is 0 Å². The van der Waals surface area contributed by atoms with Crippen LogP contribution in [0.1, 0.15) is 5.56 Å². The van der Waals surface area contributed by atoms with Crippen LogP contribution < -0.4 is 4.90 Å². The molecule has 27 heavy (non-hydrogen) atoms. The first-order valence-electron chi connectivity index (χ1n) is 7.36. The van der Waals surface area contributed by atoms with Crippen molar-refractivity contribution in [3.63, 3.8) is 0 Å². The summed E-state index contributed by atoms with van der Waals surface area (Å²) in [6.07, 6.45) is 1.03. The van der Waals surface area contributed by atoms with Gasteiger partial charge < -0.3 is 4.90 Å². The third-order valence-corrected chi connectivity index (χ3v) is 3.44. The van der Waals surface area contributed by atoms with E-state index in [4.69, 9.17) is 10.5 Å². The normalized spacial score (nSPS) is 8.15. The Labute approximate surface area is 157 Å². The Balaban J connectivity index is 3.98. The van der Waals surface area contributed by atoms with Gasteiger partial charge in [-0.05, 0) is 23.8 Å². The molecule has 1 rings (SSSR count). The van der Waals surface area contributed by atoms with Crippen LogP contribution in [0.3, 0.4) is 0 Å². The van der Waals surface area contributed by atoms with Gasteiger partial charge in [-0.2, -0.15) is 31.6 Å². The van der Waals surface area contributed by atoms with Crippen molar-refractivity contribution >= 4 is 11.3 Å². The molecule has 0 saturated heterocycles. The Morgan fingerprint density at radius 1 is 0.741 bits per heavy atom. The second-order valence-electron chi connectivity index (χ2n) is 5.21. The fraction of sp³-hybridized carbons (Fsp3) is 0.100. The Morgan fingerprint density at radius 3 is 1.59 bits per heavy atom. The van der Waals surface area contributed by atoms with E-state index in [0.717, 1.165) is 11.8 Å². The van der Waals surface area contributed by atoms with Gasteiger partial charge in [0.15, 0.2) is 0 Å². The lowest BCUT2D eigenvalue weighted by Gasteiger charge is -2.15. The van der Waals surface area contributed by atoms with Crippen molar-refractivity contribution in [3.8, 4) is 36.4 Å². The van der Waals surface area contributed by atoms with Crippen molar-refractivity contribution in [1.82, 2.24) is 0 Å². The molecular formula is C20H11N7. The van der Waals surface area contributed by atoms with Gasteiger partial charge >= 0.3 is 0 Å². The molecule has 0 saturated carbocycles.